The van der Waals surface area contributed by atoms with Crippen LogP contribution in [0.25, 0.3) is 0 Å². The number of piperidine rings is 2. The SMILES string of the molecule is CCOC(=O)N1CCC(NC(=O)C2=NOC3(CCN(S(=O)(=O)c4cccc(C(F)(F)F)c4)CC3)C2)CC1. The molecule has 1 N–H and O–H groups in total. The lowest BCUT2D eigenvalue weighted by molar-refractivity contribution is -0.137. The van der Waals surface area contributed by atoms with E-state index >= 15 is 0 Å². The second-order valence-corrected chi connectivity index (χ2v) is 11.3. The van der Waals surface area contributed by atoms with Gasteiger partial charge >= 0.3 is 12.3 Å². The van der Waals surface area contributed by atoms with Crippen LogP contribution in [0.3, 0.4) is 0 Å². The summed E-state index contributed by atoms with van der Waals surface area (Å²) in [5.74, 6) is -0.370. The fourth-order valence-electron chi connectivity index (χ4n) is 4.72. The number of amides is 2. The number of nitrogens with zero attached hydrogens (tertiary/aromatic N) is 3. The number of oxime groups is 1. The molecule has 0 saturated carbocycles. The quantitative estimate of drug-likeness (QED) is 0.607. The minimum Gasteiger partial charge on any atom is -0.450 e. The van der Waals surface area contributed by atoms with Gasteiger partial charge in [0.1, 0.15) is 11.3 Å². The molecule has 2 amide bonds. The van der Waals surface area contributed by atoms with Gasteiger partial charge < -0.3 is 19.8 Å². The second-order valence-electron chi connectivity index (χ2n) is 9.35. The highest BCUT2D eigenvalue weighted by atomic mass is 32.2. The average molecular weight is 547 g/mol. The molecule has 4 rings (SSSR count). The predicted molar refractivity (Wildman–Crippen MR) is 125 cm³/mol. The molecule has 2 fully saturated rings. The van der Waals surface area contributed by atoms with Crippen molar-refractivity contribution < 1.29 is 40.8 Å². The minimum atomic E-state index is -4.65. The van der Waals surface area contributed by atoms with E-state index in [4.69, 9.17) is 9.57 Å². The standard InChI is InChI=1S/C23H29F3N4O6S/c1-2-35-21(32)29-10-6-17(7-11-29)27-20(31)19-15-22(36-28-19)8-12-30(13-9-22)37(33,34)18-5-3-4-16(14-18)23(24,25)26/h3-5,14,17H,2,6-13,15H2,1H3,(H,27,31). The molecule has 0 aliphatic carbocycles. The van der Waals surface area contributed by atoms with Gasteiger partial charge in [0.2, 0.25) is 10.0 Å². The first-order valence-corrected chi connectivity index (χ1v) is 13.5. The first-order chi connectivity index (χ1) is 17.4. The Hall–Kier alpha value is -2.87. The Balaban J connectivity index is 1.29. The molecular formula is C23H29F3N4O6S. The van der Waals surface area contributed by atoms with Crippen molar-refractivity contribution in [2.75, 3.05) is 32.8 Å². The van der Waals surface area contributed by atoms with Crippen LogP contribution < -0.4 is 5.32 Å². The summed E-state index contributed by atoms with van der Waals surface area (Å²) in [6.45, 7) is 3.01. The fourth-order valence-corrected chi connectivity index (χ4v) is 6.21. The molecule has 0 aromatic heterocycles. The van der Waals surface area contributed by atoms with Crippen molar-refractivity contribution in [3.63, 3.8) is 0 Å². The number of alkyl halides is 3. The number of carbonyl (C=O) groups is 2. The molecule has 3 aliphatic heterocycles. The Bertz CT molecular complexity index is 1160. The monoisotopic (exact) mass is 546 g/mol. The van der Waals surface area contributed by atoms with Crippen molar-refractivity contribution >= 4 is 27.7 Å². The van der Waals surface area contributed by atoms with Gasteiger partial charge in [-0.2, -0.15) is 17.5 Å². The molecule has 10 nitrogen and oxygen atoms in total. The number of likely N-dealkylation sites (tertiary alicyclic amines) is 1. The van der Waals surface area contributed by atoms with Crippen LogP contribution >= 0.6 is 0 Å². The lowest BCUT2D eigenvalue weighted by Gasteiger charge is -2.36. The van der Waals surface area contributed by atoms with E-state index in [1.54, 1.807) is 11.8 Å². The number of carbonyl (C=O) groups excluding carboxylic acids is 2. The minimum absolute atomic E-state index is 0.0231. The molecule has 14 heteroatoms. The third-order valence-corrected chi connectivity index (χ3v) is 8.78. The highest BCUT2D eigenvalue weighted by molar-refractivity contribution is 7.89. The molecule has 1 aromatic rings. The molecule has 204 valence electrons. The highest BCUT2D eigenvalue weighted by Gasteiger charge is 2.46. The Morgan fingerprint density at radius 2 is 1.86 bits per heavy atom. The van der Waals surface area contributed by atoms with Gasteiger partial charge in [0.15, 0.2) is 0 Å². The molecule has 3 aliphatic rings. The van der Waals surface area contributed by atoms with E-state index in [1.807, 2.05) is 0 Å². The number of hydrogen-bond acceptors (Lipinski definition) is 7. The number of rotatable bonds is 5. The number of hydrogen-bond donors (Lipinski definition) is 1. The first kappa shape index (κ1) is 27.2. The smallest absolute Gasteiger partial charge is 0.416 e. The number of halogens is 3. The lowest BCUT2D eigenvalue weighted by atomic mass is 9.87. The zero-order valence-electron chi connectivity index (χ0n) is 20.3. The molecule has 0 atom stereocenters. The van der Waals surface area contributed by atoms with Crippen LogP contribution in [0.15, 0.2) is 34.3 Å². The van der Waals surface area contributed by atoms with E-state index in [2.05, 4.69) is 10.5 Å². The molecule has 0 unspecified atom stereocenters. The molecule has 1 aromatic carbocycles. The van der Waals surface area contributed by atoms with Crippen LogP contribution in [-0.4, -0.2) is 79.8 Å². The van der Waals surface area contributed by atoms with E-state index in [1.165, 1.54) is 0 Å². The van der Waals surface area contributed by atoms with Gasteiger partial charge in [-0.1, -0.05) is 11.2 Å². The van der Waals surface area contributed by atoms with E-state index in [-0.39, 0.29) is 56.1 Å². The van der Waals surface area contributed by atoms with Crippen molar-refractivity contribution in [1.82, 2.24) is 14.5 Å². The van der Waals surface area contributed by atoms with E-state index < -0.39 is 32.3 Å². The number of benzene rings is 1. The van der Waals surface area contributed by atoms with Crippen LogP contribution in [0, 0.1) is 0 Å². The van der Waals surface area contributed by atoms with Gasteiger partial charge in [-0.15, -0.1) is 0 Å². The Morgan fingerprint density at radius 3 is 2.49 bits per heavy atom. The largest absolute Gasteiger partial charge is 0.450 e. The Kier molecular flexibility index (Phi) is 7.70. The zero-order valence-corrected chi connectivity index (χ0v) is 21.1. The summed E-state index contributed by atoms with van der Waals surface area (Å²) < 4.78 is 71.1. The summed E-state index contributed by atoms with van der Waals surface area (Å²) in [6, 6.07) is 3.54. The predicted octanol–water partition coefficient (Wildman–Crippen LogP) is 2.74. The van der Waals surface area contributed by atoms with E-state index in [0.717, 1.165) is 22.5 Å². The van der Waals surface area contributed by atoms with Crippen molar-refractivity contribution in [3.05, 3.63) is 29.8 Å². The van der Waals surface area contributed by atoms with Crippen molar-refractivity contribution in [3.8, 4) is 0 Å². The summed E-state index contributed by atoms with van der Waals surface area (Å²) >= 11 is 0. The van der Waals surface area contributed by atoms with Crippen LogP contribution in [0.2, 0.25) is 0 Å². The van der Waals surface area contributed by atoms with Crippen LogP contribution in [0.1, 0.15) is 44.6 Å². The number of sulfonamides is 1. The highest BCUT2D eigenvalue weighted by Crippen LogP contribution is 2.37. The fraction of sp³-hybridized carbons (Fsp3) is 0.609. The first-order valence-electron chi connectivity index (χ1n) is 12.1. The molecule has 37 heavy (non-hydrogen) atoms. The Morgan fingerprint density at radius 1 is 1.19 bits per heavy atom. The molecule has 2 saturated heterocycles. The van der Waals surface area contributed by atoms with E-state index in [0.29, 0.717) is 38.6 Å². The van der Waals surface area contributed by atoms with Crippen molar-refractivity contribution in [1.29, 1.82) is 0 Å². The molecule has 3 heterocycles. The maximum absolute atomic E-state index is 13.0. The normalized spacial score (nSPS) is 20.9. The third kappa shape index (κ3) is 6.00. The summed E-state index contributed by atoms with van der Waals surface area (Å²) in [7, 11) is -4.13. The zero-order chi connectivity index (χ0) is 26.8. The third-order valence-electron chi connectivity index (χ3n) is 6.89. The van der Waals surface area contributed by atoms with Gasteiger partial charge in [-0.3, -0.25) is 4.79 Å². The average Bonchev–Trinajstić information content (AvgIpc) is 3.28. The number of nitrogens with one attached hydrogen (secondary N) is 1. The number of ether oxygens (including phenoxy) is 1. The van der Waals surface area contributed by atoms with Gasteiger partial charge in [-0.05, 0) is 38.0 Å². The summed E-state index contributed by atoms with van der Waals surface area (Å²) in [5, 5.41) is 6.88. The Labute approximate surface area is 212 Å². The topological polar surface area (TPSA) is 118 Å². The van der Waals surface area contributed by atoms with Gasteiger partial charge in [0.05, 0.1) is 17.1 Å². The molecular weight excluding hydrogens is 517 g/mol. The van der Waals surface area contributed by atoms with Gasteiger partial charge in [0.25, 0.3) is 5.91 Å². The maximum atomic E-state index is 13.0. The van der Waals surface area contributed by atoms with Gasteiger partial charge in [0, 0.05) is 51.5 Å². The second kappa shape index (κ2) is 10.5. The van der Waals surface area contributed by atoms with E-state index in [9.17, 15) is 31.2 Å². The molecule has 1 spiro atoms. The molecule has 0 bridgehead atoms. The van der Waals surface area contributed by atoms with Crippen molar-refractivity contribution in [2.45, 2.75) is 61.7 Å². The van der Waals surface area contributed by atoms with Crippen LogP contribution in [-0.2, 0) is 30.6 Å². The lowest BCUT2D eigenvalue weighted by Crippen LogP contribution is -2.49. The van der Waals surface area contributed by atoms with Crippen LogP contribution in [0.4, 0.5) is 18.0 Å². The summed E-state index contributed by atoms with van der Waals surface area (Å²) in [6.07, 6.45) is -3.19. The summed E-state index contributed by atoms with van der Waals surface area (Å²) in [5.41, 5.74) is -1.65. The van der Waals surface area contributed by atoms with Crippen molar-refractivity contribution in [2.24, 2.45) is 5.16 Å². The summed E-state index contributed by atoms with van der Waals surface area (Å²) in [4.78, 5) is 31.3. The molecule has 0 radical (unpaired) electrons. The van der Waals surface area contributed by atoms with Crippen LogP contribution in [0.5, 0.6) is 0 Å². The van der Waals surface area contributed by atoms with Gasteiger partial charge in [-0.25, -0.2) is 13.2 Å². The maximum Gasteiger partial charge on any atom is 0.416 e.